The largest absolute Gasteiger partial charge is 0.465 e. The van der Waals surface area contributed by atoms with E-state index in [4.69, 9.17) is 5.73 Å². The number of nitrogens with zero attached hydrogens (tertiary/aromatic N) is 1. The quantitative estimate of drug-likeness (QED) is 0.771. The van der Waals surface area contributed by atoms with Gasteiger partial charge in [-0.1, -0.05) is 0 Å². The molecule has 0 saturated carbocycles. The molecule has 1 aromatic carbocycles. The van der Waals surface area contributed by atoms with Gasteiger partial charge in [0.05, 0.1) is 23.7 Å². The Hall–Kier alpha value is -1.56. The number of hydrogen-bond donors (Lipinski definition) is 2. The van der Waals surface area contributed by atoms with Gasteiger partial charge in [-0.15, -0.1) is 17.0 Å². The zero-order valence-electron chi connectivity index (χ0n) is 7.98. The van der Waals surface area contributed by atoms with Gasteiger partial charge in [0.1, 0.15) is 0 Å². The van der Waals surface area contributed by atoms with Crippen LogP contribution in [-0.4, -0.2) is 23.0 Å². The molecule has 0 unspecified atom stereocenters. The van der Waals surface area contributed by atoms with E-state index < -0.39 is 0 Å². The number of imidazole rings is 1. The summed E-state index contributed by atoms with van der Waals surface area (Å²) in [5, 5.41) is 0. The molecule has 0 spiro atoms. The number of H-pyrrole nitrogens is 1. The van der Waals surface area contributed by atoms with E-state index in [1.165, 1.54) is 7.11 Å². The molecular weight excluding hydrogens is 262 g/mol. The van der Waals surface area contributed by atoms with E-state index in [9.17, 15) is 4.79 Å². The van der Waals surface area contributed by atoms with E-state index in [2.05, 4.69) is 14.7 Å². The maximum Gasteiger partial charge on any atom is 0.337 e. The number of aromatic amines is 1. The van der Waals surface area contributed by atoms with Crippen molar-refractivity contribution >= 4 is 39.9 Å². The first-order chi connectivity index (χ1) is 6.70. The molecule has 0 bridgehead atoms. The molecule has 2 aromatic rings. The lowest BCUT2D eigenvalue weighted by atomic mass is 10.2. The zero-order valence-corrected chi connectivity index (χ0v) is 9.69. The number of methoxy groups -OCH3 is 1. The van der Waals surface area contributed by atoms with Gasteiger partial charge in [-0.05, 0) is 18.2 Å². The van der Waals surface area contributed by atoms with Gasteiger partial charge in [-0.2, -0.15) is 0 Å². The topological polar surface area (TPSA) is 81.0 Å². The molecule has 0 aliphatic carbocycles. The van der Waals surface area contributed by atoms with Crippen molar-refractivity contribution in [1.82, 2.24) is 9.97 Å². The highest BCUT2D eigenvalue weighted by atomic mass is 79.9. The predicted octanol–water partition coefficient (Wildman–Crippen LogP) is 1.51. The van der Waals surface area contributed by atoms with Crippen LogP contribution in [0.25, 0.3) is 11.0 Å². The van der Waals surface area contributed by atoms with Gasteiger partial charge in [0.15, 0.2) is 5.95 Å². The van der Waals surface area contributed by atoms with Crippen LogP contribution >= 0.6 is 17.0 Å². The number of fused-ring (bicyclic) bond motifs is 1. The molecule has 6 heteroatoms. The lowest BCUT2D eigenvalue weighted by Crippen LogP contribution is -2.00. The third-order valence-corrected chi connectivity index (χ3v) is 1.92. The van der Waals surface area contributed by atoms with E-state index in [-0.39, 0.29) is 23.0 Å². The maximum absolute atomic E-state index is 11.2. The summed E-state index contributed by atoms with van der Waals surface area (Å²) >= 11 is 0. The molecule has 0 aliphatic heterocycles. The highest BCUT2D eigenvalue weighted by Crippen LogP contribution is 2.14. The number of halogens is 1. The van der Waals surface area contributed by atoms with Crippen LogP contribution in [0.3, 0.4) is 0 Å². The van der Waals surface area contributed by atoms with Gasteiger partial charge < -0.3 is 15.5 Å². The number of nitrogen functional groups attached to an aromatic ring is 1. The van der Waals surface area contributed by atoms with Crippen LogP contribution in [0, 0.1) is 0 Å². The second-order valence-electron chi connectivity index (χ2n) is 2.85. The van der Waals surface area contributed by atoms with Crippen molar-refractivity contribution < 1.29 is 9.53 Å². The Morgan fingerprint density at radius 1 is 1.53 bits per heavy atom. The zero-order chi connectivity index (χ0) is 10.1. The van der Waals surface area contributed by atoms with Crippen LogP contribution in [0.5, 0.6) is 0 Å². The summed E-state index contributed by atoms with van der Waals surface area (Å²) in [6.45, 7) is 0. The molecule has 2 rings (SSSR count). The van der Waals surface area contributed by atoms with Gasteiger partial charge in [0.2, 0.25) is 0 Å². The first-order valence-corrected chi connectivity index (χ1v) is 4.04. The molecule has 0 amide bonds. The average molecular weight is 272 g/mol. The number of nitrogens with two attached hydrogens (primary N) is 1. The number of aromatic nitrogens is 2. The Labute approximate surface area is 96.4 Å². The number of benzene rings is 1. The minimum absolute atomic E-state index is 0. The fourth-order valence-corrected chi connectivity index (χ4v) is 1.27. The number of ether oxygens (including phenoxy) is 1. The van der Waals surface area contributed by atoms with Crippen LogP contribution in [-0.2, 0) is 4.74 Å². The van der Waals surface area contributed by atoms with Crippen molar-refractivity contribution in [2.24, 2.45) is 0 Å². The summed E-state index contributed by atoms with van der Waals surface area (Å²) < 4.78 is 4.58. The van der Waals surface area contributed by atoms with Crippen molar-refractivity contribution in [2.45, 2.75) is 0 Å². The smallest absolute Gasteiger partial charge is 0.337 e. The summed E-state index contributed by atoms with van der Waals surface area (Å²) in [7, 11) is 1.34. The van der Waals surface area contributed by atoms with E-state index in [0.29, 0.717) is 17.0 Å². The Morgan fingerprint density at radius 2 is 2.27 bits per heavy atom. The van der Waals surface area contributed by atoms with Crippen molar-refractivity contribution in [2.75, 3.05) is 12.8 Å². The third-order valence-electron chi connectivity index (χ3n) is 1.92. The molecule has 5 nitrogen and oxygen atoms in total. The molecule has 80 valence electrons. The normalized spacial score (nSPS) is 9.67. The van der Waals surface area contributed by atoms with Crippen LogP contribution in [0.2, 0.25) is 0 Å². The summed E-state index contributed by atoms with van der Waals surface area (Å²) in [5.74, 6) is -0.0458. The minimum atomic E-state index is -0.381. The fraction of sp³-hybridized carbons (Fsp3) is 0.111. The van der Waals surface area contributed by atoms with Gasteiger partial charge in [-0.25, -0.2) is 9.78 Å². The van der Waals surface area contributed by atoms with E-state index in [1.54, 1.807) is 18.2 Å². The van der Waals surface area contributed by atoms with E-state index in [1.807, 2.05) is 0 Å². The SMILES string of the molecule is Br.COC(=O)c1ccc2[nH]c(N)nc2c1. The second kappa shape index (κ2) is 4.31. The van der Waals surface area contributed by atoms with Gasteiger partial charge in [0.25, 0.3) is 0 Å². The number of carbonyl (C=O) groups excluding carboxylic acids is 1. The highest BCUT2D eigenvalue weighted by molar-refractivity contribution is 8.93. The first-order valence-electron chi connectivity index (χ1n) is 4.04. The van der Waals surface area contributed by atoms with Crippen LogP contribution < -0.4 is 5.73 Å². The molecule has 0 radical (unpaired) electrons. The number of esters is 1. The van der Waals surface area contributed by atoms with Gasteiger partial charge in [0, 0.05) is 0 Å². The Bertz CT molecular complexity index is 495. The molecular formula is C9H10BrN3O2. The number of hydrogen-bond acceptors (Lipinski definition) is 4. The third kappa shape index (κ3) is 2.10. The standard InChI is InChI=1S/C9H9N3O2.BrH/c1-14-8(13)5-2-3-6-7(4-5)12-9(10)11-6;/h2-4H,1H3,(H3,10,11,12);1H. The molecule has 1 aromatic heterocycles. The summed E-state index contributed by atoms with van der Waals surface area (Å²) in [5.41, 5.74) is 7.39. The molecule has 15 heavy (non-hydrogen) atoms. The first kappa shape index (κ1) is 11.5. The van der Waals surface area contributed by atoms with E-state index in [0.717, 1.165) is 5.52 Å². The maximum atomic E-state index is 11.2. The van der Waals surface area contributed by atoms with Crippen LogP contribution in [0.4, 0.5) is 5.95 Å². The molecule has 3 N–H and O–H groups in total. The lowest BCUT2D eigenvalue weighted by Gasteiger charge is -1.97. The molecule has 1 heterocycles. The summed E-state index contributed by atoms with van der Waals surface area (Å²) in [6, 6.07) is 5.03. The number of rotatable bonds is 1. The van der Waals surface area contributed by atoms with Crippen molar-refractivity contribution in [3.05, 3.63) is 23.8 Å². The van der Waals surface area contributed by atoms with E-state index >= 15 is 0 Å². The molecule has 0 fully saturated rings. The number of carbonyl (C=O) groups is 1. The summed E-state index contributed by atoms with van der Waals surface area (Å²) in [6.07, 6.45) is 0. The fourth-order valence-electron chi connectivity index (χ4n) is 1.27. The number of nitrogens with one attached hydrogen (secondary N) is 1. The van der Waals surface area contributed by atoms with Gasteiger partial charge >= 0.3 is 5.97 Å². The van der Waals surface area contributed by atoms with Crippen LogP contribution in [0.1, 0.15) is 10.4 Å². The highest BCUT2D eigenvalue weighted by Gasteiger charge is 2.07. The second-order valence-corrected chi connectivity index (χ2v) is 2.85. The van der Waals surface area contributed by atoms with Gasteiger partial charge in [-0.3, -0.25) is 0 Å². The van der Waals surface area contributed by atoms with Crippen molar-refractivity contribution in [3.63, 3.8) is 0 Å². The molecule has 0 saturated heterocycles. The van der Waals surface area contributed by atoms with Crippen molar-refractivity contribution in [1.29, 1.82) is 0 Å². The molecule has 0 aliphatic rings. The Kier molecular flexibility index (Phi) is 3.31. The summed E-state index contributed by atoms with van der Waals surface area (Å²) in [4.78, 5) is 18.0. The monoisotopic (exact) mass is 271 g/mol. The Morgan fingerprint density at radius 3 is 2.93 bits per heavy atom. The lowest BCUT2D eigenvalue weighted by molar-refractivity contribution is 0.0601. The Balaban J connectivity index is 0.00000112. The van der Waals surface area contributed by atoms with Crippen LogP contribution in [0.15, 0.2) is 18.2 Å². The number of anilines is 1. The minimum Gasteiger partial charge on any atom is -0.465 e. The van der Waals surface area contributed by atoms with Crippen molar-refractivity contribution in [3.8, 4) is 0 Å². The average Bonchev–Trinajstić information content (AvgIpc) is 2.55. The predicted molar refractivity (Wildman–Crippen MR) is 62.2 cm³/mol. The molecule has 0 atom stereocenters.